The molecule has 9 rings (SSSR count). The zero-order valence-corrected chi connectivity index (χ0v) is 31.0. The summed E-state index contributed by atoms with van der Waals surface area (Å²) in [5.74, 6) is -0.437. The van der Waals surface area contributed by atoms with Gasteiger partial charge in [0, 0.05) is 51.7 Å². The minimum Gasteiger partial charge on any atom is -0.396 e. The van der Waals surface area contributed by atoms with Crippen LogP contribution in [0.1, 0.15) is 97.8 Å². The van der Waals surface area contributed by atoms with Crippen molar-refractivity contribution in [3.8, 4) is 0 Å². The first-order valence-electron chi connectivity index (χ1n) is 19.9. The zero-order chi connectivity index (χ0) is 35.6. The van der Waals surface area contributed by atoms with Crippen LogP contribution in [0.2, 0.25) is 0 Å². The Balaban J connectivity index is 0.923. The Labute approximate surface area is 303 Å². The molecule has 0 spiro atoms. The molecule has 0 amide bonds. The van der Waals surface area contributed by atoms with Gasteiger partial charge in [0.25, 0.3) is 0 Å². The summed E-state index contributed by atoms with van der Waals surface area (Å²) in [6.45, 7) is 15.0. The quantitative estimate of drug-likeness (QED) is 0.266. The van der Waals surface area contributed by atoms with Crippen LogP contribution in [0.3, 0.4) is 0 Å². The van der Waals surface area contributed by atoms with Gasteiger partial charge < -0.3 is 47.7 Å². The molecule has 0 aliphatic carbocycles. The first-order chi connectivity index (χ1) is 24.6. The second-order valence-electron chi connectivity index (χ2n) is 16.8. The summed E-state index contributed by atoms with van der Waals surface area (Å²) < 4.78 is 58.8. The predicted octanol–water partition coefficient (Wildman–Crippen LogP) is 4.75. The van der Waals surface area contributed by atoms with Gasteiger partial charge in [-0.3, -0.25) is 4.79 Å². The molecule has 9 aliphatic heterocycles. The highest BCUT2D eigenvalue weighted by molar-refractivity contribution is 5.79. The van der Waals surface area contributed by atoms with Crippen molar-refractivity contribution in [1.29, 1.82) is 0 Å². The molecule has 286 valence electrons. The molecule has 9 heterocycles. The topological polar surface area (TPSA) is 120 Å². The van der Waals surface area contributed by atoms with E-state index in [0.717, 1.165) is 49.7 Å². The number of aliphatic hydroxyl groups excluding tert-OH is 1. The molecule has 11 heteroatoms. The SMILES string of the molecule is C=C1CC(CCC23CC4OC5C(OC6CCC(CC(=O)CC7C(CC8OC(CC)CC(C)C8=C)OC(CCO)C7OC)OC6C5O2)C4O3)OC1C. The molecule has 0 radical (unpaired) electrons. The zero-order valence-electron chi connectivity index (χ0n) is 31.0. The van der Waals surface area contributed by atoms with Crippen molar-refractivity contribution in [2.24, 2.45) is 11.8 Å². The van der Waals surface area contributed by atoms with Crippen molar-refractivity contribution in [2.75, 3.05) is 13.7 Å². The van der Waals surface area contributed by atoms with E-state index in [1.165, 1.54) is 0 Å². The fraction of sp³-hybridized carbons (Fsp3) is 0.875. The Hall–Kier alpha value is -1.25. The van der Waals surface area contributed by atoms with E-state index in [0.29, 0.717) is 44.4 Å². The number of aliphatic hydroxyl groups is 1. The lowest BCUT2D eigenvalue weighted by Crippen LogP contribution is -2.61. The Kier molecular flexibility index (Phi) is 10.6. The van der Waals surface area contributed by atoms with Crippen LogP contribution in [-0.4, -0.2) is 122 Å². The summed E-state index contributed by atoms with van der Waals surface area (Å²) in [4.78, 5) is 14.0. The van der Waals surface area contributed by atoms with Crippen LogP contribution >= 0.6 is 0 Å². The summed E-state index contributed by atoms with van der Waals surface area (Å²) in [7, 11) is 1.67. The lowest BCUT2D eigenvalue weighted by atomic mass is 9.81. The number of hydrogen-bond acceptors (Lipinski definition) is 11. The molecule has 0 aromatic carbocycles. The second kappa shape index (κ2) is 14.8. The van der Waals surface area contributed by atoms with Gasteiger partial charge in [0.15, 0.2) is 5.79 Å². The number of ketones is 1. The van der Waals surface area contributed by atoms with Gasteiger partial charge in [0.1, 0.15) is 36.3 Å². The van der Waals surface area contributed by atoms with Crippen molar-refractivity contribution < 1.29 is 52.5 Å². The fourth-order valence-corrected chi connectivity index (χ4v) is 10.6. The highest BCUT2D eigenvalue weighted by Crippen LogP contribution is 2.54. The Morgan fingerprint density at radius 3 is 2.39 bits per heavy atom. The maximum absolute atomic E-state index is 14.0. The monoisotopic (exact) mass is 716 g/mol. The smallest absolute Gasteiger partial charge is 0.172 e. The summed E-state index contributed by atoms with van der Waals surface area (Å²) in [6, 6.07) is 0. The van der Waals surface area contributed by atoms with Gasteiger partial charge in [-0.05, 0) is 68.9 Å². The average Bonchev–Trinajstić information content (AvgIpc) is 3.77. The lowest BCUT2D eigenvalue weighted by molar-refractivity contribution is -0.292. The number of Topliss-reactive ketones (excluding diaryl/α,β-unsaturated/α-hetero) is 1. The van der Waals surface area contributed by atoms with Gasteiger partial charge >= 0.3 is 0 Å². The van der Waals surface area contributed by atoms with Gasteiger partial charge in [-0.2, -0.15) is 0 Å². The molecule has 18 atom stereocenters. The van der Waals surface area contributed by atoms with Crippen LogP contribution in [0.4, 0.5) is 0 Å². The van der Waals surface area contributed by atoms with Gasteiger partial charge in [0.05, 0.1) is 61.0 Å². The number of carbonyl (C=O) groups excluding carboxylic acids is 1. The van der Waals surface area contributed by atoms with E-state index >= 15 is 0 Å². The summed E-state index contributed by atoms with van der Waals surface area (Å²) >= 11 is 0. The minimum atomic E-state index is -0.759. The third-order valence-electron chi connectivity index (χ3n) is 13.5. The second-order valence-corrected chi connectivity index (χ2v) is 16.8. The number of methoxy groups -OCH3 is 1. The van der Waals surface area contributed by atoms with Crippen LogP contribution in [0, 0.1) is 11.8 Å². The van der Waals surface area contributed by atoms with Crippen LogP contribution in [0.5, 0.6) is 0 Å². The number of carbonyl (C=O) groups is 1. The molecule has 0 aromatic rings. The molecule has 9 fully saturated rings. The normalized spacial score (nSPS) is 50.2. The molecule has 18 unspecified atom stereocenters. The minimum absolute atomic E-state index is 0.00796. The Morgan fingerprint density at radius 1 is 0.863 bits per heavy atom. The van der Waals surface area contributed by atoms with E-state index in [-0.39, 0.29) is 110 Å². The van der Waals surface area contributed by atoms with E-state index < -0.39 is 5.79 Å². The standard InChI is InChI=1S/C40H60O11/c1-7-25-14-20(2)22(4)31(45-25)18-32-28(34(43-6)30(47-32)11-13-41)17-24(42)16-26-8-9-29-35(46-26)39-38-37(48-29)36-33(49-38)19-40(50-36,51-39)12-10-27-15-21(3)23(5)44-27/h20,23,25-39,41H,3-4,7-19H2,1-2,5-6H3. The van der Waals surface area contributed by atoms with E-state index in [2.05, 4.69) is 33.9 Å². The molecule has 0 aromatic heterocycles. The molecule has 6 bridgehead atoms. The first kappa shape index (κ1) is 36.7. The van der Waals surface area contributed by atoms with Crippen LogP contribution in [-0.2, 0) is 47.4 Å². The molecule has 9 saturated heterocycles. The fourth-order valence-electron chi connectivity index (χ4n) is 10.6. The van der Waals surface area contributed by atoms with E-state index in [9.17, 15) is 9.90 Å². The van der Waals surface area contributed by atoms with E-state index in [1.807, 2.05) is 0 Å². The largest absolute Gasteiger partial charge is 0.396 e. The maximum atomic E-state index is 14.0. The average molecular weight is 717 g/mol. The molecular formula is C40H60O11. The van der Waals surface area contributed by atoms with Crippen molar-refractivity contribution in [3.05, 3.63) is 24.3 Å². The van der Waals surface area contributed by atoms with Crippen LogP contribution in [0.25, 0.3) is 0 Å². The highest BCUT2D eigenvalue weighted by atomic mass is 16.8. The van der Waals surface area contributed by atoms with Crippen molar-refractivity contribution in [3.63, 3.8) is 0 Å². The van der Waals surface area contributed by atoms with Crippen molar-refractivity contribution in [2.45, 2.75) is 195 Å². The Morgan fingerprint density at radius 2 is 1.65 bits per heavy atom. The van der Waals surface area contributed by atoms with Gasteiger partial charge in [-0.1, -0.05) is 27.0 Å². The molecular weight excluding hydrogens is 656 g/mol. The van der Waals surface area contributed by atoms with E-state index in [1.54, 1.807) is 7.11 Å². The third-order valence-corrected chi connectivity index (χ3v) is 13.5. The molecule has 11 nitrogen and oxygen atoms in total. The number of rotatable bonds is 13. The summed E-state index contributed by atoms with van der Waals surface area (Å²) in [5.41, 5.74) is 2.23. The summed E-state index contributed by atoms with van der Waals surface area (Å²) in [6.07, 6.45) is 5.93. The highest BCUT2D eigenvalue weighted by Gasteiger charge is 2.68. The summed E-state index contributed by atoms with van der Waals surface area (Å²) in [5, 5.41) is 9.82. The lowest BCUT2D eigenvalue weighted by Gasteiger charge is -2.47. The Bertz CT molecular complexity index is 1310. The van der Waals surface area contributed by atoms with Gasteiger partial charge in [-0.25, -0.2) is 0 Å². The van der Waals surface area contributed by atoms with Crippen molar-refractivity contribution in [1.82, 2.24) is 0 Å². The maximum Gasteiger partial charge on any atom is 0.172 e. The van der Waals surface area contributed by atoms with Gasteiger partial charge in [-0.15, -0.1) is 0 Å². The number of hydrogen-bond donors (Lipinski definition) is 1. The molecule has 0 saturated carbocycles. The van der Waals surface area contributed by atoms with Crippen molar-refractivity contribution >= 4 is 5.78 Å². The number of fused-ring (bicyclic) bond motifs is 1. The van der Waals surface area contributed by atoms with Gasteiger partial charge in [0.2, 0.25) is 0 Å². The molecule has 9 aliphatic rings. The predicted molar refractivity (Wildman–Crippen MR) is 185 cm³/mol. The van der Waals surface area contributed by atoms with E-state index in [4.69, 9.17) is 42.6 Å². The molecule has 1 N–H and O–H groups in total. The van der Waals surface area contributed by atoms with Crippen LogP contribution in [0.15, 0.2) is 24.3 Å². The third kappa shape index (κ3) is 6.96. The van der Waals surface area contributed by atoms with Crippen LogP contribution < -0.4 is 0 Å². The first-order valence-corrected chi connectivity index (χ1v) is 19.9. The number of ether oxygens (including phenoxy) is 9. The molecule has 51 heavy (non-hydrogen) atoms.